The van der Waals surface area contributed by atoms with Crippen molar-refractivity contribution in [3.63, 3.8) is 0 Å². The van der Waals surface area contributed by atoms with E-state index in [1.165, 1.54) is 0 Å². The zero-order valence-electron chi connectivity index (χ0n) is 27.1. The highest BCUT2D eigenvalue weighted by atomic mass is 16.6. The number of hydrogen-bond donors (Lipinski definition) is 0. The molecule has 47 heavy (non-hydrogen) atoms. The number of ether oxygens (including phenoxy) is 2. The summed E-state index contributed by atoms with van der Waals surface area (Å²) in [6.45, 7) is 9.52. The molecule has 2 saturated heterocycles. The van der Waals surface area contributed by atoms with E-state index >= 15 is 0 Å². The van der Waals surface area contributed by atoms with E-state index in [0.29, 0.717) is 56.2 Å². The summed E-state index contributed by atoms with van der Waals surface area (Å²) < 4.78 is 13.2. The van der Waals surface area contributed by atoms with Crippen molar-refractivity contribution in [2.45, 2.75) is 38.8 Å². The monoisotopic (exact) mass is 632 g/mol. The molecule has 0 unspecified atom stereocenters. The van der Waals surface area contributed by atoms with Crippen molar-refractivity contribution >= 4 is 17.7 Å². The van der Waals surface area contributed by atoms with Crippen LogP contribution in [-0.2, 0) is 15.9 Å². The molecular formula is C37H40N6O4. The molecule has 6 rings (SSSR count). The number of anilines is 1. The number of imidazole rings is 1. The molecular weight excluding hydrogens is 592 g/mol. The smallest absolute Gasteiger partial charge is 0.410 e. The van der Waals surface area contributed by atoms with Crippen molar-refractivity contribution < 1.29 is 19.1 Å². The average molecular weight is 633 g/mol. The molecule has 10 nitrogen and oxygen atoms in total. The number of carbonyl (C=O) groups is 2. The van der Waals surface area contributed by atoms with Gasteiger partial charge in [0.25, 0.3) is 5.91 Å². The minimum atomic E-state index is -0.636. The Balaban J connectivity index is 1.35. The van der Waals surface area contributed by atoms with Crippen LogP contribution in [0.3, 0.4) is 0 Å². The number of aromatic nitrogens is 2. The normalized spacial score (nSPS) is 16.9. The molecule has 3 aromatic carbocycles. The molecule has 0 aliphatic carbocycles. The predicted molar refractivity (Wildman–Crippen MR) is 180 cm³/mol. The van der Waals surface area contributed by atoms with E-state index in [9.17, 15) is 14.9 Å². The van der Waals surface area contributed by atoms with Crippen LogP contribution in [0.1, 0.15) is 42.4 Å². The predicted octanol–water partition coefficient (Wildman–Crippen LogP) is 5.55. The first kappa shape index (κ1) is 31.8. The van der Waals surface area contributed by atoms with Crippen LogP contribution in [0.4, 0.5) is 10.5 Å². The van der Waals surface area contributed by atoms with Crippen molar-refractivity contribution in [1.82, 2.24) is 19.4 Å². The standard InChI is InChI=1S/C37H40N6O4/c1-37(2,3)47-36(45)41-16-17-42(32(25-41)22-27-12-14-28(24-38)15-13-27)35(44)33-34(29-8-5-4-6-9-29)43(26-39-33)31-11-7-10-30(23-31)40-18-20-46-21-19-40/h4-15,23,26,32H,16-22,25H2,1-3H3/t32-/m1/s1. The van der Waals surface area contributed by atoms with Gasteiger partial charge in [-0.05, 0) is 63.1 Å². The number of nitrogens with zero attached hydrogens (tertiary/aromatic N) is 6. The second kappa shape index (κ2) is 13.7. The minimum absolute atomic E-state index is 0.200. The van der Waals surface area contributed by atoms with Crippen LogP contribution in [0.25, 0.3) is 16.9 Å². The fourth-order valence-corrected chi connectivity index (χ4v) is 6.15. The Hall–Kier alpha value is -5.14. The van der Waals surface area contributed by atoms with Gasteiger partial charge in [0.2, 0.25) is 0 Å². The Morgan fingerprint density at radius 3 is 2.36 bits per heavy atom. The molecule has 2 amide bonds. The number of benzene rings is 3. The number of hydrogen-bond acceptors (Lipinski definition) is 7. The van der Waals surface area contributed by atoms with Crippen LogP contribution in [0.5, 0.6) is 0 Å². The SMILES string of the molecule is CC(C)(C)OC(=O)N1CCN(C(=O)c2ncn(-c3cccc(N4CCOCC4)c3)c2-c2ccccc2)[C@H](Cc2ccc(C#N)cc2)C1. The molecule has 1 atom stereocenters. The molecule has 0 saturated carbocycles. The highest BCUT2D eigenvalue weighted by molar-refractivity contribution is 5.99. The summed E-state index contributed by atoms with van der Waals surface area (Å²) in [6, 6.07) is 27.3. The Bertz CT molecular complexity index is 1750. The summed E-state index contributed by atoms with van der Waals surface area (Å²) in [6.07, 6.45) is 1.82. The second-order valence-corrected chi connectivity index (χ2v) is 12.9. The van der Waals surface area contributed by atoms with Gasteiger partial charge in [0.05, 0.1) is 36.6 Å². The quantitative estimate of drug-likeness (QED) is 0.275. The summed E-state index contributed by atoms with van der Waals surface area (Å²) in [5, 5.41) is 9.29. The third-order valence-electron chi connectivity index (χ3n) is 8.45. The molecule has 1 aromatic heterocycles. The van der Waals surface area contributed by atoms with Crippen LogP contribution in [-0.4, -0.2) is 88.9 Å². The largest absolute Gasteiger partial charge is 0.444 e. The molecule has 10 heteroatoms. The lowest BCUT2D eigenvalue weighted by Gasteiger charge is -2.41. The highest BCUT2D eigenvalue weighted by Crippen LogP contribution is 2.31. The molecule has 3 heterocycles. The summed E-state index contributed by atoms with van der Waals surface area (Å²) in [5.41, 5.74) is 4.83. The summed E-state index contributed by atoms with van der Waals surface area (Å²) in [7, 11) is 0. The second-order valence-electron chi connectivity index (χ2n) is 12.9. The number of morpholine rings is 1. The molecule has 4 aromatic rings. The zero-order valence-corrected chi connectivity index (χ0v) is 27.1. The van der Waals surface area contributed by atoms with Crippen molar-refractivity contribution in [2.24, 2.45) is 0 Å². The Morgan fingerprint density at radius 2 is 1.66 bits per heavy atom. The first-order chi connectivity index (χ1) is 22.7. The number of amides is 2. The van der Waals surface area contributed by atoms with E-state index in [1.54, 1.807) is 23.4 Å². The first-order valence-corrected chi connectivity index (χ1v) is 16.0. The number of rotatable bonds is 6. The number of piperazine rings is 1. The highest BCUT2D eigenvalue weighted by Gasteiger charge is 2.37. The molecule has 2 aliphatic rings. The van der Waals surface area contributed by atoms with Gasteiger partial charge in [-0.1, -0.05) is 48.5 Å². The van der Waals surface area contributed by atoms with Gasteiger partial charge >= 0.3 is 6.09 Å². The van der Waals surface area contributed by atoms with Gasteiger partial charge in [0, 0.05) is 49.7 Å². The van der Waals surface area contributed by atoms with Crippen LogP contribution in [0, 0.1) is 11.3 Å². The summed E-state index contributed by atoms with van der Waals surface area (Å²) in [4.78, 5) is 38.3. The Labute approximate surface area is 275 Å². The van der Waals surface area contributed by atoms with E-state index in [4.69, 9.17) is 14.5 Å². The van der Waals surface area contributed by atoms with Gasteiger partial charge in [0.15, 0.2) is 5.69 Å². The maximum atomic E-state index is 14.6. The van der Waals surface area contributed by atoms with Crippen LogP contribution in [0.15, 0.2) is 85.2 Å². The van der Waals surface area contributed by atoms with E-state index < -0.39 is 11.7 Å². The van der Waals surface area contributed by atoms with Gasteiger partial charge in [-0.2, -0.15) is 5.26 Å². The Morgan fingerprint density at radius 1 is 0.936 bits per heavy atom. The van der Waals surface area contributed by atoms with E-state index in [2.05, 4.69) is 23.1 Å². The van der Waals surface area contributed by atoms with Gasteiger partial charge in [-0.15, -0.1) is 0 Å². The van der Waals surface area contributed by atoms with Crippen LogP contribution in [0.2, 0.25) is 0 Å². The summed E-state index contributed by atoms with van der Waals surface area (Å²) >= 11 is 0. The van der Waals surface area contributed by atoms with E-state index in [-0.39, 0.29) is 11.9 Å². The lowest BCUT2D eigenvalue weighted by molar-refractivity contribution is 0.00429. The number of carbonyl (C=O) groups excluding carboxylic acids is 2. The first-order valence-electron chi connectivity index (χ1n) is 16.0. The third kappa shape index (κ3) is 7.31. The van der Waals surface area contributed by atoms with Gasteiger partial charge in [-0.3, -0.25) is 9.36 Å². The van der Waals surface area contributed by atoms with Crippen molar-refractivity contribution in [3.8, 4) is 23.0 Å². The maximum absolute atomic E-state index is 14.6. The molecule has 242 valence electrons. The Kier molecular flexibility index (Phi) is 9.27. The topological polar surface area (TPSA) is 104 Å². The maximum Gasteiger partial charge on any atom is 0.410 e. The zero-order chi connectivity index (χ0) is 33.0. The molecule has 0 spiro atoms. The van der Waals surface area contributed by atoms with Crippen LogP contribution < -0.4 is 4.90 Å². The van der Waals surface area contributed by atoms with Crippen molar-refractivity contribution in [2.75, 3.05) is 50.8 Å². The lowest BCUT2D eigenvalue weighted by atomic mass is 10.00. The molecule has 2 aliphatic heterocycles. The van der Waals surface area contributed by atoms with Crippen molar-refractivity contribution in [1.29, 1.82) is 5.26 Å². The molecule has 0 N–H and O–H groups in total. The molecule has 0 radical (unpaired) electrons. The summed E-state index contributed by atoms with van der Waals surface area (Å²) in [5.74, 6) is -0.200. The van der Waals surface area contributed by atoms with Gasteiger partial charge in [-0.25, -0.2) is 9.78 Å². The fourth-order valence-electron chi connectivity index (χ4n) is 6.15. The molecule has 2 fully saturated rings. The third-order valence-corrected chi connectivity index (χ3v) is 8.45. The van der Waals surface area contributed by atoms with E-state index in [1.807, 2.05) is 84.8 Å². The average Bonchev–Trinajstić information content (AvgIpc) is 3.54. The van der Waals surface area contributed by atoms with Crippen LogP contribution >= 0.6 is 0 Å². The number of nitriles is 1. The minimum Gasteiger partial charge on any atom is -0.444 e. The molecule has 0 bridgehead atoms. The fraction of sp³-hybridized carbons (Fsp3) is 0.351. The van der Waals surface area contributed by atoms with Gasteiger partial charge in [0.1, 0.15) is 11.9 Å². The van der Waals surface area contributed by atoms with Gasteiger partial charge < -0.3 is 24.2 Å². The van der Waals surface area contributed by atoms with E-state index in [0.717, 1.165) is 35.6 Å². The lowest BCUT2D eigenvalue weighted by Crippen LogP contribution is -2.58. The van der Waals surface area contributed by atoms with Crippen molar-refractivity contribution in [3.05, 3.63) is 102 Å².